The number of halogens is 1. The number of hydrogen-bond donors (Lipinski definition) is 1. The van der Waals surface area contributed by atoms with Crippen LogP contribution in [0.15, 0.2) is 42.5 Å². The maximum absolute atomic E-state index is 6.12. The van der Waals surface area contributed by atoms with Gasteiger partial charge in [-0.2, -0.15) is 0 Å². The molecule has 0 saturated heterocycles. The summed E-state index contributed by atoms with van der Waals surface area (Å²) < 4.78 is 0. The van der Waals surface area contributed by atoms with Crippen LogP contribution in [0.4, 0.5) is 5.69 Å². The summed E-state index contributed by atoms with van der Waals surface area (Å²) in [6, 6.07) is 15.2. The predicted octanol–water partition coefficient (Wildman–Crippen LogP) is 5.70. The zero-order valence-electron chi connectivity index (χ0n) is 12.0. The molecule has 0 fully saturated rings. The highest BCUT2D eigenvalue weighted by Crippen LogP contribution is 2.39. The lowest BCUT2D eigenvalue weighted by atomic mass is 9.81. The van der Waals surface area contributed by atoms with Crippen molar-refractivity contribution in [2.24, 2.45) is 0 Å². The van der Waals surface area contributed by atoms with E-state index >= 15 is 0 Å². The van der Waals surface area contributed by atoms with E-state index in [0.717, 1.165) is 10.7 Å². The van der Waals surface area contributed by atoms with Gasteiger partial charge in [-0.05, 0) is 54.5 Å². The number of fused-ring (bicyclic) bond motifs is 1. The molecular formula is C18H20ClN. The molecule has 104 valence electrons. The number of rotatable bonds is 2. The average molecular weight is 286 g/mol. The average Bonchev–Trinajstić information content (AvgIpc) is 2.46. The number of hydrogen-bond acceptors (Lipinski definition) is 1. The Balaban J connectivity index is 1.92. The zero-order chi connectivity index (χ0) is 14.1. The Bertz CT molecular complexity index is 621. The van der Waals surface area contributed by atoms with Crippen LogP contribution in [-0.2, 0) is 0 Å². The van der Waals surface area contributed by atoms with Crippen molar-refractivity contribution in [2.75, 3.05) is 5.32 Å². The second-order valence-corrected chi connectivity index (χ2v) is 6.20. The van der Waals surface area contributed by atoms with Gasteiger partial charge in [0.2, 0.25) is 0 Å². The van der Waals surface area contributed by atoms with E-state index in [-0.39, 0.29) is 0 Å². The van der Waals surface area contributed by atoms with Crippen LogP contribution in [-0.4, -0.2) is 0 Å². The van der Waals surface area contributed by atoms with Gasteiger partial charge >= 0.3 is 0 Å². The summed E-state index contributed by atoms with van der Waals surface area (Å²) in [6.45, 7) is 4.44. The minimum absolute atomic E-state index is 0.388. The Kier molecular flexibility index (Phi) is 3.71. The molecular weight excluding hydrogens is 266 g/mol. The quantitative estimate of drug-likeness (QED) is 0.746. The fourth-order valence-corrected chi connectivity index (χ4v) is 3.26. The summed E-state index contributed by atoms with van der Waals surface area (Å²) >= 11 is 6.12. The highest BCUT2D eigenvalue weighted by atomic mass is 35.5. The topological polar surface area (TPSA) is 12.0 Å². The molecule has 3 rings (SSSR count). The van der Waals surface area contributed by atoms with Gasteiger partial charge in [-0.1, -0.05) is 48.9 Å². The van der Waals surface area contributed by atoms with Gasteiger partial charge in [-0.25, -0.2) is 0 Å². The SMILES string of the molecule is Cc1ccc(Cl)cc1NC1CCC(C)c2ccccc21. The van der Waals surface area contributed by atoms with Crippen molar-refractivity contribution in [3.63, 3.8) is 0 Å². The predicted molar refractivity (Wildman–Crippen MR) is 86.6 cm³/mol. The summed E-state index contributed by atoms with van der Waals surface area (Å²) in [7, 11) is 0. The molecule has 0 bridgehead atoms. The first-order valence-electron chi connectivity index (χ1n) is 7.26. The van der Waals surface area contributed by atoms with Gasteiger partial charge in [0.25, 0.3) is 0 Å². The first-order chi connectivity index (χ1) is 9.65. The molecule has 0 heterocycles. The summed E-state index contributed by atoms with van der Waals surface area (Å²) in [6.07, 6.45) is 2.40. The molecule has 2 atom stereocenters. The van der Waals surface area contributed by atoms with Crippen LogP contribution in [0.2, 0.25) is 5.02 Å². The lowest BCUT2D eigenvalue weighted by Gasteiger charge is -2.31. The van der Waals surface area contributed by atoms with Gasteiger partial charge in [-0.3, -0.25) is 0 Å². The van der Waals surface area contributed by atoms with E-state index in [9.17, 15) is 0 Å². The van der Waals surface area contributed by atoms with Crippen LogP contribution in [0, 0.1) is 6.92 Å². The van der Waals surface area contributed by atoms with Gasteiger partial charge in [-0.15, -0.1) is 0 Å². The van der Waals surface area contributed by atoms with E-state index in [1.54, 1.807) is 0 Å². The highest BCUT2D eigenvalue weighted by molar-refractivity contribution is 6.30. The fourth-order valence-electron chi connectivity index (χ4n) is 3.09. The van der Waals surface area contributed by atoms with E-state index in [0.29, 0.717) is 12.0 Å². The minimum Gasteiger partial charge on any atom is -0.378 e. The molecule has 0 spiro atoms. The lowest BCUT2D eigenvalue weighted by Crippen LogP contribution is -2.19. The molecule has 20 heavy (non-hydrogen) atoms. The van der Waals surface area contributed by atoms with Crippen molar-refractivity contribution in [3.8, 4) is 0 Å². The largest absolute Gasteiger partial charge is 0.378 e. The molecule has 2 unspecified atom stereocenters. The Morgan fingerprint density at radius 1 is 1.05 bits per heavy atom. The van der Waals surface area contributed by atoms with Gasteiger partial charge < -0.3 is 5.32 Å². The summed E-state index contributed by atoms with van der Waals surface area (Å²) in [5, 5.41) is 4.47. The molecule has 0 aliphatic heterocycles. The Labute approximate surface area is 126 Å². The van der Waals surface area contributed by atoms with Crippen molar-refractivity contribution >= 4 is 17.3 Å². The Hall–Kier alpha value is -1.47. The minimum atomic E-state index is 0.388. The lowest BCUT2D eigenvalue weighted by molar-refractivity contribution is 0.534. The van der Waals surface area contributed by atoms with Crippen LogP contribution in [0.5, 0.6) is 0 Å². The zero-order valence-corrected chi connectivity index (χ0v) is 12.7. The summed E-state index contributed by atoms with van der Waals surface area (Å²) in [5.74, 6) is 0.657. The van der Waals surface area contributed by atoms with E-state index < -0.39 is 0 Å². The molecule has 2 aromatic carbocycles. The van der Waals surface area contributed by atoms with Crippen LogP contribution in [0.3, 0.4) is 0 Å². The molecule has 1 N–H and O–H groups in total. The molecule has 2 heteroatoms. The molecule has 1 aliphatic carbocycles. The van der Waals surface area contributed by atoms with Gasteiger partial charge in [0.05, 0.1) is 6.04 Å². The van der Waals surface area contributed by atoms with Crippen molar-refractivity contribution in [3.05, 3.63) is 64.2 Å². The smallest absolute Gasteiger partial charge is 0.0516 e. The first-order valence-corrected chi connectivity index (χ1v) is 7.64. The molecule has 0 saturated carbocycles. The number of nitrogens with one attached hydrogen (secondary N) is 1. The third-order valence-corrected chi connectivity index (χ3v) is 4.56. The maximum Gasteiger partial charge on any atom is 0.0516 e. The standard InChI is InChI=1S/C18H20ClN/c1-12-8-10-17(16-6-4-3-5-15(12)16)20-18-11-14(19)9-7-13(18)2/h3-7,9,11-12,17,20H,8,10H2,1-2H3. The van der Waals surface area contributed by atoms with Crippen LogP contribution >= 0.6 is 11.6 Å². The summed E-state index contributed by atoms with van der Waals surface area (Å²) in [5.41, 5.74) is 5.30. The van der Waals surface area contributed by atoms with E-state index in [1.807, 2.05) is 12.1 Å². The normalized spacial score (nSPS) is 21.4. The molecule has 2 aromatic rings. The molecule has 0 amide bonds. The van der Waals surface area contributed by atoms with Crippen molar-refractivity contribution < 1.29 is 0 Å². The second kappa shape index (κ2) is 5.49. The van der Waals surface area contributed by atoms with Crippen molar-refractivity contribution in [2.45, 2.75) is 38.6 Å². The summed E-state index contributed by atoms with van der Waals surface area (Å²) in [4.78, 5) is 0. The van der Waals surface area contributed by atoms with E-state index in [2.05, 4.69) is 49.5 Å². The monoisotopic (exact) mass is 285 g/mol. The van der Waals surface area contributed by atoms with Crippen molar-refractivity contribution in [1.29, 1.82) is 0 Å². The Morgan fingerprint density at radius 2 is 1.80 bits per heavy atom. The third kappa shape index (κ3) is 2.55. The fraction of sp³-hybridized carbons (Fsp3) is 0.333. The van der Waals surface area contributed by atoms with Crippen LogP contribution in [0.25, 0.3) is 0 Å². The number of aryl methyl sites for hydroxylation is 1. The van der Waals surface area contributed by atoms with Gasteiger partial charge in [0, 0.05) is 10.7 Å². The van der Waals surface area contributed by atoms with Crippen molar-refractivity contribution in [1.82, 2.24) is 0 Å². The van der Waals surface area contributed by atoms with Gasteiger partial charge in [0.1, 0.15) is 0 Å². The van der Waals surface area contributed by atoms with Crippen LogP contribution in [0.1, 0.15) is 48.4 Å². The maximum atomic E-state index is 6.12. The van der Waals surface area contributed by atoms with E-state index in [4.69, 9.17) is 11.6 Å². The van der Waals surface area contributed by atoms with Crippen LogP contribution < -0.4 is 5.32 Å². The number of anilines is 1. The van der Waals surface area contributed by atoms with E-state index in [1.165, 1.54) is 29.5 Å². The molecule has 0 aromatic heterocycles. The second-order valence-electron chi connectivity index (χ2n) is 5.76. The third-order valence-electron chi connectivity index (χ3n) is 4.32. The number of benzene rings is 2. The molecule has 1 nitrogen and oxygen atoms in total. The molecule has 1 aliphatic rings. The first kappa shape index (κ1) is 13.5. The molecule has 0 radical (unpaired) electrons. The highest BCUT2D eigenvalue weighted by Gasteiger charge is 2.24. The van der Waals surface area contributed by atoms with Gasteiger partial charge in [0.15, 0.2) is 0 Å². The Morgan fingerprint density at radius 3 is 2.60 bits per heavy atom.